The first kappa shape index (κ1) is 10.4. The van der Waals surface area contributed by atoms with Crippen LogP contribution in [0.3, 0.4) is 0 Å². The van der Waals surface area contributed by atoms with Crippen LogP contribution in [0.5, 0.6) is 0 Å². The second kappa shape index (κ2) is 6.10. The van der Waals surface area contributed by atoms with Crippen molar-refractivity contribution >= 4 is 5.78 Å². The second-order valence-electron chi connectivity index (χ2n) is 2.98. The smallest absolute Gasteiger partial charge is 0.155 e. The Bertz CT molecular complexity index is 136. The maximum Gasteiger partial charge on any atom is 0.155 e. The zero-order chi connectivity index (χ0) is 8.69. The monoisotopic (exact) mass is 156 g/mol. The molecule has 0 saturated heterocycles. The van der Waals surface area contributed by atoms with Gasteiger partial charge >= 0.3 is 0 Å². The molecule has 0 heterocycles. The van der Waals surface area contributed by atoms with Gasteiger partial charge in [0.15, 0.2) is 5.78 Å². The van der Waals surface area contributed by atoms with Crippen LogP contribution >= 0.6 is 0 Å². The number of carbonyl (C=O) groups is 1. The van der Waals surface area contributed by atoms with Gasteiger partial charge in [0.25, 0.3) is 0 Å². The minimum absolute atomic E-state index is 0.117. The number of ketones is 1. The minimum Gasteiger partial charge on any atom is -0.396 e. The summed E-state index contributed by atoms with van der Waals surface area (Å²) >= 11 is 0. The van der Waals surface area contributed by atoms with Crippen LogP contribution < -0.4 is 0 Å². The molecule has 0 aliphatic carbocycles. The van der Waals surface area contributed by atoms with Gasteiger partial charge in [0.05, 0.1) is 0 Å². The first-order valence-electron chi connectivity index (χ1n) is 3.97. The molecule has 0 saturated carbocycles. The highest BCUT2D eigenvalue weighted by Gasteiger charge is 1.99. The quantitative estimate of drug-likeness (QED) is 0.613. The van der Waals surface area contributed by atoms with Crippen molar-refractivity contribution in [1.29, 1.82) is 0 Å². The minimum atomic E-state index is 0.117. The largest absolute Gasteiger partial charge is 0.396 e. The standard InChI is InChI=1S/C9H16O2/c1-8(2)7-9(11)5-3-4-6-10/h3,5,8,10H,4,6-7H2,1-2H3. The Kier molecular flexibility index (Phi) is 5.75. The summed E-state index contributed by atoms with van der Waals surface area (Å²) in [6, 6.07) is 0. The maximum atomic E-state index is 11.0. The molecule has 0 amide bonds. The van der Waals surface area contributed by atoms with Crippen LogP contribution in [0.4, 0.5) is 0 Å². The van der Waals surface area contributed by atoms with Crippen LogP contribution in [0.1, 0.15) is 26.7 Å². The fourth-order valence-electron chi connectivity index (χ4n) is 0.760. The predicted molar refractivity (Wildman–Crippen MR) is 45.3 cm³/mol. The number of rotatable bonds is 5. The van der Waals surface area contributed by atoms with Crippen LogP contribution in [0.15, 0.2) is 12.2 Å². The van der Waals surface area contributed by atoms with Crippen molar-refractivity contribution in [3.8, 4) is 0 Å². The van der Waals surface area contributed by atoms with Crippen molar-refractivity contribution in [1.82, 2.24) is 0 Å². The highest BCUT2D eigenvalue weighted by molar-refractivity contribution is 5.89. The molecule has 11 heavy (non-hydrogen) atoms. The molecule has 0 aliphatic heterocycles. The molecule has 0 aromatic carbocycles. The third-order valence-electron chi connectivity index (χ3n) is 1.21. The fraction of sp³-hybridized carbons (Fsp3) is 0.667. The van der Waals surface area contributed by atoms with E-state index in [9.17, 15) is 4.79 Å². The molecule has 0 radical (unpaired) electrons. The highest BCUT2D eigenvalue weighted by Crippen LogP contribution is 2.00. The molecule has 1 N–H and O–H groups in total. The summed E-state index contributed by atoms with van der Waals surface area (Å²) in [5.41, 5.74) is 0. The molecule has 64 valence electrons. The molecule has 0 atom stereocenters. The number of aliphatic hydroxyl groups is 1. The van der Waals surface area contributed by atoms with E-state index in [1.165, 1.54) is 0 Å². The van der Waals surface area contributed by atoms with Crippen LogP contribution in [-0.2, 0) is 4.79 Å². The molecule has 2 heteroatoms. The van der Waals surface area contributed by atoms with E-state index < -0.39 is 0 Å². The zero-order valence-electron chi connectivity index (χ0n) is 7.21. The third kappa shape index (κ3) is 7.26. The van der Waals surface area contributed by atoms with E-state index >= 15 is 0 Å². The number of allylic oxidation sites excluding steroid dienone is 1. The van der Waals surface area contributed by atoms with Crippen molar-refractivity contribution in [2.24, 2.45) is 5.92 Å². The van der Waals surface area contributed by atoms with Crippen LogP contribution in [0.2, 0.25) is 0 Å². The predicted octanol–water partition coefficient (Wildman–Crippen LogP) is 1.54. The van der Waals surface area contributed by atoms with Gasteiger partial charge in [-0.05, 0) is 18.4 Å². The summed E-state index contributed by atoms with van der Waals surface area (Å²) < 4.78 is 0. The van der Waals surface area contributed by atoms with E-state index in [2.05, 4.69) is 0 Å². The van der Waals surface area contributed by atoms with Crippen molar-refractivity contribution in [2.45, 2.75) is 26.7 Å². The second-order valence-corrected chi connectivity index (χ2v) is 2.98. The lowest BCUT2D eigenvalue weighted by Gasteiger charge is -1.97. The van der Waals surface area contributed by atoms with E-state index in [-0.39, 0.29) is 12.4 Å². The molecule has 0 bridgehead atoms. The van der Waals surface area contributed by atoms with E-state index in [0.29, 0.717) is 18.8 Å². The molecule has 0 unspecified atom stereocenters. The summed E-state index contributed by atoms with van der Waals surface area (Å²) in [6.45, 7) is 4.14. The normalized spacial score (nSPS) is 11.3. The summed E-state index contributed by atoms with van der Waals surface area (Å²) in [7, 11) is 0. The van der Waals surface area contributed by atoms with Crippen LogP contribution in [0, 0.1) is 5.92 Å². The lowest BCUT2D eigenvalue weighted by atomic mass is 10.1. The van der Waals surface area contributed by atoms with Gasteiger partial charge in [-0.3, -0.25) is 4.79 Å². The molecule has 0 spiro atoms. The lowest BCUT2D eigenvalue weighted by Crippen LogP contribution is -1.98. The van der Waals surface area contributed by atoms with Crippen LogP contribution in [0.25, 0.3) is 0 Å². The zero-order valence-corrected chi connectivity index (χ0v) is 7.21. The number of aliphatic hydroxyl groups excluding tert-OH is 1. The average molecular weight is 156 g/mol. The Balaban J connectivity index is 3.51. The van der Waals surface area contributed by atoms with Gasteiger partial charge in [-0.25, -0.2) is 0 Å². The molecule has 2 nitrogen and oxygen atoms in total. The van der Waals surface area contributed by atoms with E-state index in [4.69, 9.17) is 5.11 Å². The Labute approximate surface area is 67.9 Å². The topological polar surface area (TPSA) is 37.3 Å². The summed E-state index contributed by atoms with van der Waals surface area (Å²) in [4.78, 5) is 11.0. The molecule has 0 aromatic rings. The van der Waals surface area contributed by atoms with Crippen molar-refractivity contribution in [3.05, 3.63) is 12.2 Å². The van der Waals surface area contributed by atoms with Gasteiger partial charge in [-0.15, -0.1) is 0 Å². The van der Waals surface area contributed by atoms with Crippen molar-refractivity contribution in [3.63, 3.8) is 0 Å². The van der Waals surface area contributed by atoms with E-state index in [0.717, 1.165) is 0 Å². The van der Waals surface area contributed by atoms with Gasteiger partial charge in [-0.1, -0.05) is 19.9 Å². The van der Waals surface area contributed by atoms with E-state index in [1.54, 1.807) is 12.2 Å². The summed E-state index contributed by atoms with van der Waals surface area (Å²) in [5, 5.41) is 8.40. The summed E-state index contributed by atoms with van der Waals surface area (Å²) in [6.07, 6.45) is 4.44. The highest BCUT2D eigenvalue weighted by atomic mass is 16.2. The molecular weight excluding hydrogens is 140 g/mol. The number of hydrogen-bond acceptors (Lipinski definition) is 2. The van der Waals surface area contributed by atoms with Gasteiger partial charge in [0.1, 0.15) is 0 Å². The first-order chi connectivity index (χ1) is 5.16. The Hall–Kier alpha value is -0.630. The Morgan fingerprint density at radius 2 is 2.18 bits per heavy atom. The molecule has 0 aromatic heterocycles. The SMILES string of the molecule is CC(C)CC(=O)C=CCCO. The van der Waals surface area contributed by atoms with E-state index in [1.807, 2.05) is 13.8 Å². The summed E-state index contributed by atoms with van der Waals surface area (Å²) in [5.74, 6) is 0.565. The average Bonchev–Trinajstić information content (AvgIpc) is 1.86. The van der Waals surface area contributed by atoms with Crippen molar-refractivity contribution < 1.29 is 9.90 Å². The molecular formula is C9H16O2. The third-order valence-corrected chi connectivity index (χ3v) is 1.21. The number of carbonyl (C=O) groups excluding carboxylic acids is 1. The molecule has 0 fully saturated rings. The lowest BCUT2D eigenvalue weighted by molar-refractivity contribution is -0.115. The number of hydrogen-bond donors (Lipinski definition) is 1. The van der Waals surface area contributed by atoms with Gasteiger partial charge in [0, 0.05) is 13.0 Å². The van der Waals surface area contributed by atoms with Gasteiger partial charge in [0.2, 0.25) is 0 Å². The van der Waals surface area contributed by atoms with Crippen LogP contribution in [-0.4, -0.2) is 17.5 Å². The molecule has 0 rings (SSSR count). The molecule has 0 aliphatic rings. The Morgan fingerprint density at radius 3 is 2.64 bits per heavy atom. The fourth-order valence-corrected chi connectivity index (χ4v) is 0.760. The maximum absolute atomic E-state index is 11.0. The first-order valence-corrected chi connectivity index (χ1v) is 3.97. The van der Waals surface area contributed by atoms with Gasteiger partial charge < -0.3 is 5.11 Å². The van der Waals surface area contributed by atoms with Crippen molar-refractivity contribution in [2.75, 3.05) is 6.61 Å². The Morgan fingerprint density at radius 1 is 1.55 bits per heavy atom. The van der Waals surface area contributed by atoms with Gasteiger partial charge in [-0.2, -0.15) is 0 Å².